The summed E-state index contributed by atoms with van der Waals surface area (Å²) in [5, 5.41) is 11.4. The molecule has 0 spiro atoms. The first-order valence-electron chi connectivity index (χ1n) is 5.59. The Morgan fingerprint density at radius 3 is 2.38 bits per heavy atom. The number of hydrogen-bond acceptors (Lipinski definition) is 2. The molecule has 0 atom stereocenters. The SMILES string of the molecule is CN(CC1CCC1)C(=O)NC(C)(C)C(=O)O. The van der Waals surface area contributed by atoms with Crippen LogP contribution >= 0.6 is 0 Å². The zero-order valence-electron chi connectivity index (χ0n) is 10.1. The Morgan fingerprint density at radius 1 is 1.44 bits per heavy atom. The topological polar surface area (TPSA) is 69.6 Å². The van der Waals surface area contributed by atoms with Crippen LogP contribution in [0.15, 0.2) is 0 Å². The molecule has 92 valence electrons. The number of urea groups is 1. The molecule has 1 fully saturated rings. The molecule has 5 heteroatoms. The monoisotopic (exact) mass is 228 g/mol. The van der Waals surface area contributed by atoms with Gasteiger partial charge in [-0.25, -0.2) is 9.59 Å². The second kappa shape index (κ2) is 4.72. The molecule has 0 saturated heterocycles. The summed E-state index contributed by atoms with van der Waals surface area (Å²) < 4.78 is 0. The predicted molar refractivity (Wildman–Crippen MR) is 60.2 cm³/mol. The van der Waals surface area contributed by atoms with Crippen molar-refractivity contribution in [3.8, 4) is 0 Å². The van der Waals surface area contributed by atoms with Crippen molar-refractivity contribution in [1.82, 2.24) is 10.2 Å². The number of carboxylic acid groups (broad SMARTS) is 1. The van der Waals surface area contributed by atoms with Crippen molar-refractivity contribution < 1.29 is 14.7 Å². The second-order valence-electron chi connectivity index (χ2n) is 5.04. The average molecular weight is 228 g/mol. The van der Waals surface area contributed by atoms with Crippen LogP contribution in [0, 0.1) is 5.92 Å². The Kier molecular flexibility index (Phi) is 3.78. The van der Waals surface area contributed by atoms with Crippen LogP contribution in [0.4, 0.5) is 4.79 Å². The van der Waals surface area contributed by atoms with Crippen molar-refractivity contribution in [1.29, 1.82) is 0 Å². The summed E-state index contributed by atoms with van der Waals surface area (Å²) >= 11 is 0. The number of hydrogen-bond donors (Lipinski definition) is 2. The fourth-order valence-corrected chi connectivity index (χ4v) is 1.56. The summed E-state index contributed by atoms with van der Waals surface area (Å²) in [7, 11) is 1.70. The number of amides is 2. The Labute approximate surface area is 95.8 Å². The average Bonchev–Trinajstić information content (AvgIpc) is 2.09. The van der Waals surface area contributed by atoms with E-state index in [1.807, 2.05) is 0 Å². The highest BCUT2D eigenvalue weighted by molar-refractivity contribution is 5.85. The fraction of sp³-hybridized carbons (Fsp3) is 0.818. The number of carbonyl (C=O) groups is 2. The molecule has 0 aromatic heterocycles. The van der Waals surface area contributed by atoms with Gasteiger partial charge in [-0.2, -0.15) is 0 Å². The Bertz CT molecular complexity index is 285. The quantitative estimate of drug-likeness (QED) is 0.761. The number of nitrogens with zero attached hydrogens (tertiary/aromatic N) is 1. The highest BCUT2D eigenvalue weighted by Crippen LogP contribution is 2.26. The summed E-state index contributed by atoms with van der Waals surface area (Å²) in [4.78, 5) is 24.1. The molecule has 1 aliphatic carbocycles. The zero-order valence-corrected chi connectivity index (χ0v) is 10.1. The summed E-state index contributed by atoms with van der Waals surface area (Å²) in [6.45, 7) is 3.66. The number of aliphatic carboxylic acids is 1. The van der Waals surface area contributed by atoms with Crippen molar-refractivity contribution in [2.24, 2.45) is 5.92 Å². The van der Waals surface area contributed by atoms with E-state index in [0.717, 1.165) is 0 Å². The van der Waals surface area contributed by atoms with Crippen molar-refractivity contribution >= 4 is 12.0 Å². The predicted octanol–water partition coefficient (Wildman–Crippen LogP) is 1.29. The van der Waals surface area contributed by atoms with Crippen molar-refractivity contribution in [2.45, 2.75) is 38.6 Å². The third-order valence-electron chi connectivity index (χ3n) is 3.06. The molecule has 0 bridgehead atoms. The molecule has 1 rings (SSSR count). The van der Waals surface area contributed by atoms with Gasteiger partial charge < -0.3 is 15.3 Å². The smallest absolute Gasteiger partial charge is 0.328 e. The van der Waals surface area contributed by atoms with Crippen LogP contribution in [0.3, 0.4) is 0 Å². The first-order valence-corrected chi connectivity index (χ1v) is 5.59. The number of nitrogens with one attached hydrogen (secondary N) is 1. The Morgan fingerprint density at radius 2 is 2.00 bits per heavy atom. The van der Waals surface area contributed by atoms with Gasteiger partial charge in [-0.3, -0.25) is 0 Å². The molecule has 1 saturated carbocycles. The van der Waals surface area contributed by atoms with Gasteiger partial charge in [-0.15, -0.1) is 0 Å². The van der Waals surface area contributed by atoms with Crippen LogP contribution in [-0.2, 0) is 4.79 Å². The summed E-state index contributed by atoms with van der Waals surface area (Å²) in [6, 6.07) is -0.320. The van der Waals surface area contributed by atoms with Crippen LogP contribution in [0.1, 0.15) is 33.1 Å². The van der Waals surface area contributed by atoms with Crippen LogP contribution in [0.2, 0.25) is 0 Å². The van der Waals surface area contributed by atoms with Crippen molar-refractivity contribution in [2.75, 3.05) is 13.6 Å². The summed E-state index contributed by atoms with van der Waals surface area (Å²) in [6.07, 6.45) is 3.57. The van der Waals surface area contributed by atoms with E-state index in [2.05, 4.69) is 5.32 Å². The molecule has 2 amide bonds. The van der Waals surface area contributed by atoms with E-state index in [-0.39, 0.29) is 6.03 Å². The van der Waals surface area contributed by atoms with E-state index in [1.165, 1.54) is 33.1 Å². The fourth-order valence-electron chi connectivity index (χ4n) is 1.56. The van der Waals surface area contributed by atoms with Crippen LogP contribution in [-0.4, -0.2) is 41.1 Å². The second-order valence-corrected chi connectivity index (χ2v) is 5.04. The lowest BCUT2D eigenvalue weighted by Crippen LogP contribution is -2.54. The largest absolute Gasteiger partial charge is 0.480 e. The number of carboxylic acids is 1. The van der Waals surface area contributed by atoms with Gasteiger partial charge >= 0.3 is 12.0 Å². The van der Waals surface area contributed by atoms with Gasteiger partial charge in [0.05, 0.1) is 0 Å². The minimum atomic E-state index is -1.22. The molecular weight excluding hydrogens is 208 g/mol. The Hall–Kier alpha value is -1.26. The van der Waals surface area contributed by atoms with E-state index in [4.69, 9.17) is 5.11 Å². The van der Waals surface area contributed by atoms with Crippen LogP contribution < -0.4 is 5.32 Å². The van der Waals surface area contributed by atoms with E-state index in [1.54, 1.807) is 11.9 Å². The van der Waals surface area contributed by atoms with Gasteiger partial charge in [0.1, 0.15) is 5.54 Å². The molecule has 0 heterocycles. The third kappa shape index (κ3) is 3.12. The lowest BCUT2D eigenvalue weighted by Gasteiger charge is -2.32. The first-order chi connectivity index (χ1) is 7.33. The first kappa shape index (κ1) is 12.8. The number of rotatable bonds is 4. The molecule has 2 N–H and O–H groups in total. The molecule has 0 unspecified atom stereocenters. The molecule has 0 aromatic rings. The summed E-state index contributed by atoms with van der Waals surface area (Å²) in [5.41, 5.74) is -1.22. The van der Waals surface area contributed by atoms with Crippen molar-refractivity contribution in [3.63, 3.8) is 0 Å². The molecule has 0 aliphatic heterocycles. The highest BCUT2D eigenvalue weighted by atomic mass is 16.4. The highest BCUT2D eigenvalue weighted by Gasteiger charge is 2.31. The van der Waals surface area contributed by atoms with Gasteiger partial charge in [0.25, 0.3) is 0 Å². The zero-order chi connectivity index (χ0) is 12.3. The van der Waals surface area contributed by atoms with Gasteiger partial charge in [0, 0.05) is 13.6 Å². The minimum Gasteiger partial charge on any atom is -0.480 e. The van der Waals surface area contributed by atoms with Crippen LogP contribution in [0.25, 0.3) is 0 Å². The van der Waals surface area contributed by atoms with Crippen molar-refractivity contribution in [3.05, 3.63) is 0 Å². The van der Waals surface area contributed by atoms with E-state index < -0.39 is 11.5 Å². The minimum absolute atomic E-state index is 0.320. The normalized spacial score (nSPS) is 16.4. The van der Waals surface area contributed by atoms with Gasteiger partial charge in [0.15, 0.2) is 0 Å². The van der Waals surface area contributed by atoms with E-state index >= 15 is 0 Å². The maximum absolute atomic E-state index is 11.7. The van der Waals surface area contributed by atoms with E-state index in [0.29, 0.717) is 12.5 Å². The lowest BCUT2D eigenvalue weighted by atomic mass is 9.85. The van der Waals surface area contributed by atoms with Gasteiger partial charge in [-0.1, -0.05) is 6.42 Å². The molecule has 5 nitrogen and oxygen atoms in total. The molecule has 0 aromatic carbocycles. The molecule has 16 heavy (non-hydrogen) atoms. The van der Waals surface area contributed by atoms with E-state index in [9.17, 15) is 9.59 Å². The maximum Gasteiger partial charge on any atom is 0.328 e. The lowest BCUT2D eigenvalue weighted by molar-refractivity contribution is -0.143. The maximum atomic E-state index is 11.7. The Balaban J connectivity index is 2.41. The number of carbonyl (C=O) groups excluding carboxylic acids is 1. The van der Waals surface area contributed by atoms with Crippen LogP contribution in [0.5, 0.6) is 0 Å². The third-order valence-corrected chi connectivity index (χ3v) is 3.06. The molecular formula is C11H20N2O3. The molecule has 1 aliphatic rings. The standard InChI is InChI=1S/C11H20N2O3/c1-11(2,9(14)15)12-10(16)13(3)7-8-5-4-6-8/h8H,4-7H2,1-3H3,(H,12,16)(H,14,15). The summed E-state index contributed by atoms with van der Waals surface area (Å²) in [5.74, 6) is -0.443. The van der Waals surface area contributed by atoms with Gasteiger partial charge in [-0.05, 0) is 32.6 Å². The molecule has 0 radical (unpaired) electrons. The van der Waals surface area contributed by atoms with Gasteiger partial charge in [0.2, 0.25) is 0 Å².